The quantitative estimate of drug-likeness (QED) is 0.556. The number of phenols is 1. The number of phenolic OH excluding ortho intramolecular Hbond substituents is 1. The highest BCUT2D eigenvalue weighted by Crippen LogP contribution is 2.38. The van der Waals surface area contributed by atoms with Crippen molar-refractivity contribution in [2.24, 2.45) is 5.92 Å². The predicted octanol–water partition coefficient (Wildman–Crippen LogP) is 4.69. The Labute approximate surface area is 161 Å². The average Bonchev–Trinajstić information content (AvgIpc) is 3.07. The largest absolute Gasteiger partial charge is 0.504 e. The van der Waals surface area contributed by atoms with Crippen molar-refractivity contribution < 1.29 is 14.6 Å². The van der Waals surface area contributed by atoms with E-state index in [1.165, 1.54) is 6.92 Å². The molecule has 1 amide bonds. The third-order valence-corrected chi connectivity index (χ3v) is 4.31. The summed E-state index contributed by atoms with van der Waals surface area (Å²) < 4.78 is 5.77. The molecule has 1 unspecified atom stereocenters. The van der Waals surface area contributed by atoms with E-state index < -0.39 is 0 Å². The number of aromatic nitrogens is 1. The van der Waals surface area contributed by atoms with Crippen LogP contribution in [-0.4, -0.2) is 22.6 Å². The van der Waals surface area contributed by atoms with Gasteiger partial charge < -0.3 is 20.1 Å². The van der Waals surface area contributed by atoms with Crippen molar-refractivity contribution in [1.29, 1.82) is 5.26 Å². The van der Waals surface area contributed by atoms with Gasteiger partial charge in [0, 0.05) is 29.1 Å². The summed E-state index contributed by atoms with van der Waals surface area (Å²) in [6.07, 6.45) is 0. The zero-order valence-electron chi connectivity index (χ0n) is 14.8. The first kappa shape index (κ1) is 18.6. The maximum Gasteiger partial charge on any atom is 0.221 e. The number of aromatic amines is 1. The van der Waals surface area contributed by atoms with Gasteiger partial charge in [0.05, 0.1) is 22.7 Å². The number of anilines is 1. The molecule has 0 saturated carbocycles. The number of nitrogens with one attached hydrogen (secondary N) is 2. The van der Waals surface area contributed by atoms with E-state index >= 15 is 0 Å². The van der Waals surface area contributed by atoms with E-state index in [0.717, 1.165) is 16.6 Å². The maximum absolute atomic E-state index is 11.3. The second-order valence-corrected chi connectivity index (χ2v) is 6.68. The van der Waals surface area contributed by atoms with Gasteiger partial charge in [0.1, 0.15) is 12.4 Å². The molecule has 1 atom stereocenters. The van der Waals surface area contributed by atoms with Gasteiger partial charge >= 0.3 is 0 Å². The van der Waals surface area contributed by atoms with Crippen molar-refractivity contribution in [2.45, 2.75) is 13.8 Å². The topological polar surface area (TPSA) is 98.1 Å². The number of carbonyl (C=O) groups is 1. The van der Waals surface area contributed by atoms with E-state index in [4.69, 9.17) is 21.6 Å². The molecule has 0 fully saturated rings. The van der Waals surface area contributed by atoms with Crippen LogP contribution in [-0.2, 0) is 4.79 Å². The Hall–Kier alpha value is -3.17. The van der Waals surface area contributed by atoms with Crippen LogP contribution in [0.3, 0.4) is 0 Å². The number of fused-ring (bicyclic) bond motifs is 1. The lowest BCUT2D eigenvalue weighted by Gasteiger charge is -2.09. The number of aromatic hydroxyl groups is 1. The van der Waals surface area contributed by atoms with Crippen LogP contribution in [0.25, 0.3) is 22.2 Å². The molecule has 0 aliphatic carbocycles. The van der Waals surface area contributed by atoms with Gasteiger partial charge in [0.2, 0.25) is 5.91 Å². The van der Waals surface area contributed by atoms with E-state index in [2.05, 4.69) is 16.4 Å². The number of ether oxygens (including phenoxy) is 1. The number of hydrogen-bond donors (Lipinski definition) is 3. The van der Waals surface area contributed by atoms with Crippen LogP contribution in [0.1, 0.15) is 13.8 Å². The van der Waals surface area contributed by atoms with Crippen LogP contribution in [0, 0.1) is 17.2 Å². The highest BCUT2D eigenvalue weighted by Gasteiger charge is 2.14. The number of rotatable bonds is 5. The lowest BCUT2D eigenvalue weighted by molar-refractivity contribution is -0.114. The molecule has 1 aromatic heterocycles. The summed E-state index contributed by atoms with van der Waals surface area (Å²) in [7, 11) is 0. The minimum atomic E-state index is -0.308. The van der Waals surface area contributed by atoms with E-state index in [0.29, 0.717) is 17.9 Å². The van der Waals surface area contributed by atoms with Gasteiger partial charge in [0.15, 0.2) is 5.75 Å². The Morgan fingerprint density at radius 2 is 2.19 bits per heavy atom. The minimum absolute atomic E-state index is 0.134. The molecule has 0 aliphatic rings. The molecule has 3 aromatic rings. The zero-order chi connectivity index (χ0) is 19.6. The minimum Gasteiger partial charge on any atom is -0.504 e. The summed E-state index contributed by atoms with van der Waals surface area (Å²) in [6, 6.07) is 12.9. The molecule has 27 heavy (non-hydrogen) atoms. The van der Waals surface area contributed by atoms with E-state index in [1.54, 1.807) is 19.1 Å². The highest BCUT2D eigenvalue weighted by atomic mass is 35.5. The van der Waals surface area contributed by atoms with Crippen LogP contribution in [0.15, 0.2) is 36.4 Å². The standard InChI is InChI=1S/C20H18ClN3O3/c1-11(9-22)10-27-19-5-3-4-16-14(19)8-17(24-16)13-6-15(21)20(26)18(7-13)23-12(2)25/h3-8,11,24,26H,10H2,1-2H3,(H,23,25). The monoisotopic (exact) mass is 383 g/mol. The summed E-state index contributed by atoms with van der Waals surface area (Å²) in [5, 5.41) is 22.5. The first-order chi connectivity index (χ1) is 12.9. The molecule has 0 bridgehead atoms. The average molecular weight is 384 g/mol. The Morgan fingerprint density at radius 1 is 1.41 bits per heavy atom. The molecule has 0 radical (unpaired) electrons. The Bertz CT molecular complexity index is 1050. The van der Waals surface area contributed by atoms with Crippen LogP contribution in [0.2, 0.25) is 5.02 Å². The van der Waals surface area contributed by atoms with Gasteiger partial charge in [-0.25, -0.2) is 0 Å². The van der Waals surface area contributed by atoms with E-state index in [-0.39, 0.29) is 28.3 Å². The number of amides is 1. The van der Waals surface area contributed by atoms with Crippen LogP contribution in [0.5, 0.6) is 11.5 Å². The molecule has 3 N–H and O–H groups in total. The summed E-state index contributed by atoms with van der Waals surface area (Å²) in [5.41, 5.74) is 2.55. The van der Waals surface area contributed by atoms with Crippen LogP contribution < -0.4 is 10.1 Å². The second kappa shape index (κ2) is 7.60. The summed E-state index contributed by atoms with van der Waals surface area (Å²) in [6.45, 7) is 3.45. The lowest BCUT2D eigenvalue weighted by atomic mass is 10.1. The number of nitrogens with zero attached hydrogens (tertiary/aromatic N) is 1. The van der Waals surface area contributed by atoms with Crippen molar-refractivity contribution in [3.63, 3.8) is 0 Å². The fraction of sp³-hybridized carbons (Fsp3) is 0.200. The summed E-state index contributed by atoms with van der Waals surface area (Å²) >= 11 is 6.11. The molecule has 0 saturated heterocycles. The van der Waals surface area contributed by atoms with Gasteiger partial charge in [-0.3, -0.25) is 4.79 Å². The molecule has 1 heterocycles. The normalized spacial score (nSPS) is 11.8. The molecular formula is C20H18ClN3O3. The second-order valence-electron chi connectivity index (χ2n) is 6.28. The fourth-order valence-corrected chi connectivity index (χ4v) is 2.92. The molecule has 0 spiro atoms. The predicted molar refractivity (Wildman–Crippen MR) is 105 cm³/mol. The van der Waals surface area contributed by atoms with Gasteiger partial charge in [0.25, 0.3) is 0 Å². The highest BCUT2D eigenvalue weighted by molar-refractivity contribution is 6.33. The Morgan fingerprint density at radius 3 is 2.89 bits per heavy atom. The van der Waals surface area contributed by atoms with Crippen LogP contribution >= 0.6 is 11.6 Å². The third-order valence-electron chi connectivity index (χ3n) is 4.02. The number of hydrogen-bond acceptors (Lipinski definition) is 4. The molecule has 7 heteroatoms. The van der Waals surface area contributed by atoms with Gasteiger partial charge in [-0.15, -0.1) is 0 Å². The van der Waals surface area contributed by atoms with Crippen molar-refractivity contribution in [1.82, 2.24) is 4.98 Å². The lowest BCUT2D eigenvalue weighted by Crippen LogP contribution is -2.06. The smallest absolute Gasteiger partial charge is 0.221 e. The fourth-order valence-electron chi connectivity index (χ4n) is 2.70. The first-order valence-electron chi connectivity index (χ1n) is 8.33. The van der Waals surface area contributed by atoms with Crippen LogP contribution in [0.4, 0.5) is 5.69 Å². The molecule has 6 nitrogen and oxygen atoms in total. The third kappa shape index (κ3) is 3.99. The zero-order valence-corrected chi connectivity index (χ0v) is 15.6. The Kier molecular flexibility index (Phi) is 5.24. The van der Waals surface area contributed by atoms with Crippen molar-refractivity contribution in [3.05, 3.63) is 41.4 Å². The molecule has 2 aromatic carbocycles. The first-order valence-corrected chi connectivity index (χ1v) is 8.71. The summed E-state index contributed by atoms with van der Waals surface area (Å²) in [5.74, 6) is -0.0300. The molecule has 138 valence electrons. The van der Waals surface area contributed by atoms with Gasteiger partial charge in [-0.1, -0.05) is 17.7 Å². The van der Waals surface area contributed by atoms with Gasteiger partial charge in [-0.2, -0.15) is 5.26 Å². The van der Waals surface area contributed by atoms with Gasteiger partial charge in [-0.05, 0) is 37.3 Å². The number of benzene rings is 2. The number of halogens is 1. The van der Waals surface area contributed by atoms with E-state index in [9.17, 15) is 9.90 Å². The molecule has 3 rings (SSSR count). The SMILES string of the molecule is CC(=O)Nc1cc(-c2cc3c(OCC(C)C#N)cccc3[nH]2)cc(Cl)c1O. The number of nitriles is 1. The van der Waals surface area contributed by atoms with Crippen molar-refractivity contribution in [3.8, 4) is 28.8 Å². The van der Waals surface area contributed by atoms with E-state index in [1.807, 2.05) is 24.3 Å². The van der Waals surface area contributed by atoms with Crippen molar-refractivity contribution in [2.75, 3.05) is 11.9 Å². The number of carbonyl (C=O) groups excluding carboxylic acids is 1. The number of H-pyrrole nitrogens is 1. The Balaban J connectivity index is 2.02. The molecule has 0 aliphatic heterocycles. The summed E-state index contributed by atoms with van der Waals surface area (Å²) in [4.78, 5) is 14.6. The van der Waals surface area contributed by atoms with Crippen molar-refractivity contribution >= 4 is 34.1 Å². The molecular weight excluding hydrogens is 366 g/mol. The maximum atomic E-state index is 11.3.